The van der Waals surface area contributed by atoms with Crippen LogP contribution in [0.2, 0.25) is 0 Å². The van der Waals surface area contributed by atoms with Crippen LogP contribution in [0.4, 0.5) is 0 Å². The summed E-state index contributed by atoms with van der Waals surface area (Å²) in [5.74, 6) is 0.854. The van der Waals surface area contributed by atoms with E-state index in [2.05, 4.69) is 27.7 Å². The largest absolute Gasteiger partial charge is 0.370 e. The van der Waals surface area contributed by atoms with Crippen molar-refractivity contribution in [2.24, 2.45) is 17.1 Å². The molecule has 2 rings (SSSR count). The smallest absolute Gasteiger partial charge is 0.0734 e. The molecule has 0 amide bonds. The summed E-state index contributed by atoms with van der Waals surface area (Å²) in [5, 5.41) is 0. The standard InChI is InChI=1S/C17H33NO/c1-5-6-7-15-14(18)12-17(19-15)10-8-13(9-11-17)16(2,3)4/h13-15H,5-12,18H2,1-4H3. The summed E-state index contributed by atoms with van der Waals surface area (Å²) >= 11 is 0. The van der Waals surface area contributed by atoms with Crippen molar-refractivity contribution in [1.82, 2.24) is 0 Å². The zero-order valence-corrected chi connectivity index (χ0v) is 13.4. The van der Waals surface area contributed by atoms with E-state index >= 15 is 0 Å². The summed E-state index contributed by atoms with van der Waals surface area (Å²) < 4.78 is 6.44. The van der Waals surface area contributed by atoms with Crippen molar-refractivity contribution in [3.8, 4) is 0 Å². The van der Waals surface area contributed by atoms with E-state index in [1.54, 1.807) is 0 Å². The van der Waals surface area contributed by atoms with Gasteiger partial charge >= 0.3 is 0 Å². The molecule has 1 spiro atoms. The highest BCUT2D eigenvalue weighted by Crippen LogP contribution is 2.48. The van der Waals surface area contributed by atoms with E-state index < -0.39 is 0 Å². The highest BCUT2D eigenvalue weighted by atomic mass is 16.5. The van der Waals surface area contributed by atoms with Gasteiger partial charge in [-0.1, -0.05) is 40.5 Å². The first kappa shape index (κ1) is 15.3. The average Bonchev–Trinajstić information content (AvgIpc) is 2.62. The molecule has 1 aliphatic heterocycles. The van der Waals surface area contributed by atoms with Gasteiger partial charge in [0.25, 0.3) is 0 Å². The molecule has 2 nitrogen and oxygen atoms in total. The third-order valence-corrected chi connectivity index (χ3v) is 5.45. The van der Waals surface area contributed by atoms with Crippen LogP contribution in [0, 0.1) is 11.3 Å². The summed E-state index contributed by atoms with van der Waals surface area (Å²) in [6.07, 6.45) is 10.2. The Balaban J connectivity index is 1.89. The molecule has 1 heterocycles. The Kier molecular flexibility index (Phi) is 4.62. The maximum atomic E-state index is 6.44. The van der Waals surface area contributed by atoms with Crippen LogP contribution in [-0.4, -0.2) is 17.7 Å². The molecule has 2 unspecified atom stereocenters. The Morgan fingerprint density at radius 1 is 1.21 bits per heavy atom. The highest BCUT2D eigenvalue weighted by molar-refractivity contribution is 4.99. The second kappa shape index (κ2) is 5.73. The quantitative estimate of drug-likeness (QED) is 0.829. The van der Waals surface area contributed by atoms with Gasteiger partial charge in [-0.05, 0) is 49.9 Å². The zero-order valence-electron chi connectivity index (χ0n) is 13.4. The van der Waals surface area contributed by atoms with Crippen molar-refractivity contribution in [2.75, 3.05) is 0 Å². The van der Waals surface area contributed by atoms with E-state index in [-0.39, 0.29) is 11.6 Å². The Morgan fingerprint density at radius 2 is 1.84 bits per heavy atom. The first-order valence-electron chi connectivity index (χ1n) is 8.30. The predicted molar refractivity (Wildman–Crippen MR) is 81.1 cm³/mol. The minimum atomic E-state index is 0.138. The van der Waals surface area contributed by atoms with E-state index in [0.717, 1.165) is 18.8 Å². The molecule has 1 saturated carbocycles. The first-order valence-corrected chi connectivity index (χ1v) is 8.30. The van der Waals surface area contributed by atoms with Crippen LogP contribution in [0.5, 0.6) is 0 Å². The van der Waals surface area contributed by atoms with Gasteiger partial charge in [-0.25, -0.2) is 0 Å². The van der Waals surface area contributed by atoms with Crippen molar-refractivity contribution in [3.05, 3.63) is 0 Å². The Bertz CT molecular complexity index is 286. The van der Waals surface area contributed by atoms with Gasteiger partial charge < -0.3 is 10.5 Å². The average molecular weight is 267 g/mol. The second-order valence-electron chi connectivity index (χ2n) is 7.99. The number of hydrogen-bond acceptors (Lipinski definition) is 2. The van der Waals surface area contributed by atoms with Crippen LogP contribution in [0.1, 0.15) is 79.1 Å². The number of ether oxygens (including phenoxy) is 1. The molecule has 112 valence electrons. The number of unbranched alkanes of at least 4 members (excludes halogenated alkanes) is 1. The predicted octanol–water partition coefficient (Wildman–Crippen LogP) is 4.27. The van der Waals surface area contributed by atoms with Crippen molar-refractivity contribution >= 4 is 0 Å². The van der Waals surface area contributed by atoms with Crippen LogP contribution >= 0.6 is 0 Å². The summed E-state index contributed by atoms with van der Waals surface area (Å²) in [4.78, 5) is 0. The summed E-state index contributed by atoms with van der Waals surface area (Å²) in [6.45, 7) is 9.37. The first-order chi connectivity index (χ1) is 8.86. The Morgan fingerprint density at radius 3 is 2.37 bits per heavy atom. The van der Waals surface area contributed by atoms with Crippen molar-refractivity contribution in [1.29, 1.82) is 0 Å². The van der Waals surface area contributed by atoms with Gasteiger partial charge in [0.1, 0.15) is 0 Å². The van der Waals surface area contributed by atoms with Gasteiger partial charge in [0.2, 0.25) is 0 Å². The number of rotatable bonds is 3. The molecule has 0 aromatic heterocycles. The maximum absolute atomic E-state index is 6.44. The molecule has 2 N–H and O–H groups in total. The third kappa shape index (κ3) is 3.52. The molecule has 2 heteroatoms. The fraction of sp³-hybridized carbons (Fsp3) is 1.00. The molecule has 2 aliphatic rings. The van der Waals surface area contributed by atoms with Gasteiger partial charge in [-0.2, -0.15) is 0 Å². The van der Waals surface area contributed by atoms with Gasteiger partial charge in [0, 0.05) is 6.04 Å². The molecule has 0 radical (unpaired) electrons. The molecular weight excluding hydrogens is 234 g/mol. The fourth-order valence-corrected chi connectivity index (χ4v) is 4.03. The van der Waals surface area contributed by atoms with Crippen LogP contribution in [0.3, 0.4) is 0 Å². The zero-order chi connectivity index (χ0) is 14.1. The fourth-order valence-electron chi connectivity index (χ4n) is 4.03. The SMILES string of the molecule is CCCCC1OC2(CCC(C(C)(C)C)CC2)CC1N. The van der Waals surface area contributed by atoms with Gasteiger partial charge in [-0.15, -0.1) is 0 Å². The molecule has 19 heavy (non-hydrogen) atoms. The van der Waals surface area contributed by atoms with Gasteiger partial charge in [-0.3, -0.25) is 0 Å². The van der Waals surface area contributed by atoms with Crippen molar-refractivity contribution in [3.63, 3.8) is 0 Å². The normalized spacial score (nSPS) is 39.9. The van der Waals surface area contributed by atoms with Crippen molar-refractivity contribution < 1.29 is 4.74 Å². The molecule has 1 aliphatic carbocycles. The number of nitrogens with two attached hydrogens (primary N) is 1. The summed E-state index contributed by atoms with van der Waals surface area (Å²) in [6, 6.07) is 0.276. The Hall–Kier alpha value is -0.0800. The minimum absolute atomic E-state index is 0.138. The summed E-state index contributed by atoms with van der Waals surface area (Å²) in [5.41, 5.74) is 6.91. The topological polar surface area (TPSA) is 35.2 Å². The minimum Gasteiger partial charge on any atom is -0.370 e. The highest BCUT2D eigenvalue weighted by Gasteiger charge is 2.47. The van der Waals surface area contributed by atoms with Crippen LogP contribution in [0.15, 0.2) is 0 Å². The van der Waals surface area contributed by atoms with Crippen molar-refractivity contribution in [2.45, 2.75) is 96.8 Å². The molecule has 0 bridgehead atoms. The lowest BCUT2D eigenvalue weighted by molar-refractivity contribution is -0.0819. The number of hydrogen-bond donors (Lipinski definition) is 1. The van der Waals surface area contributed by atoms with Gasteiger partial charge in [0.15, 0.2) is 0 Å². The Labute approximate surface area is 119 Å². The third-order valence-electron chi connectivity index (χ3n) is 5.45. The van der Waals surface area contributed by atoms with Gasteiger partial charge in [0.05, 0.1) is 11.7 Å². The second-order valence-corrected chi connectivity index (χ2v) is 7.99. The van der Waals surface area contributed by atoms with E-state index in [1.807, 2.05) is 0 Å². The molecule has 0 aromatic rings. The lowest BCUT2D eigenvalue weighted by Gasteiger charge is -2.42. The summed E-state index contributed by atoms with van der Waals surface area (Å²) in [7, 11) is 0. The lowest BCUT2D eigenvalue weighted by atomic mass is 9.67. The molecule has 1 saturated heterocycles. The van der Waals surface area contributed by atoms with Crippen LogP contribution in [0.25, 0.3) is 0 Å². The molecule has 2 fully saturated rings. The molecular formula is C17H33NO. The monoisotopic (exact) mass is 267 g/mol. The lowest BCUT2D eigenvalue weighted by Crippen LogP contribution is -2.37. The van der Waals surface area contributed by atoms with Crippen LogP contribution in [-0.2, 0) is 4.74 Å². The van der Waals surface area contributed by atoms with E-state index in [1.165, 1.54) is 38.5 Å². The molecule has 2 atom stereocenters. The van der Waals surface area contributed by atoms with Crippen LogP contribution < -0.4 is 5.73 Å². The van der Waals surface area contributed by atoms with E-state index in [4.69, 9.17) is 10.5 Å². The molecule has 0 aromatic carbocycles. The maximum Gasteiger partial charge on any atom is 0.0734 e. The van der Waals surface area contributed by atoms with E-state index in [9.17, 15) is 0 Å². The van der Waals surface area contributed by atoms with E-state index in [0.29, 0.717) is 11.5 Å².